The van der Waals surface area contributed by atoms with Gasteiger partial charge in [0.05, 0.1) is 0 Å². The van der Waals surface area contributed by atoms with Gasteiger partial charge in [-0.25, -0.2) is 8.42 Å². The first kappa shape index (κ1) is 11.5. The molecule has 0 saturated heterocycles. The van der Waals surface area contributed by atoms with Crippen LogP contribution in [0.15, 0.2) is 33.7 Å². The zero-order valence-corrected chi connectivity index (χ0v) is 9.73. The standard InChI is InChI=1S/C10H10N2O4S/c1-17(14,15)10-6(3-2-4-7(10)13)8-5-9(11)12-16-8/h2-5,13H,1H3,(H2,11,12). The van der Waals surface area contributed by atoms with Crippen LogP contribution in [0.25, 0.3) is 11.3 Å². The number of phenols is 1. The lowest BCUT2D eigenvalue weighted by Crippen LogP contribution is -2.00. The number of benzene rings is 1. The Hall–Kier alpha value is -2.02. The summed E-state index contributed by atoms with van der Waals surface area (Å²) in [5.74, 6) is 0.00147. The van der Waals surface area contributed by atoms with E-state index in [4.69, 9.17) is 10.3 Å². The lowest BCUT2D eigenvalue weighted by atomic mass is 10.1. The van der Waals surface area contributed by atoms with E-state index in [9.17, 15) is 13.5 Å². The average Bonchev–Trinajstić information content (AvgIpc) is 2.62. The molecule has 17 heavy (non-hydrogen) atoms. The molecule has 0 fully saturated rings. The Morgan fingerprint density at radius 1 is 1.41 bits per heavy atom. The molecule has 2 aromatic rings. The molecule has 0 radical (unpaired) electrons. The third-order valence-electron chi connectivity index (χ3n) is 2.16. The van der Waals surface area contributed by atoms with Crippen LogP contribution in [-0.4, -0.2) is 24.9 Å². The molecular weight excluding hydrogens is 244 g/mol. The number of hydrogen-bond acceptors (Lipinski definition) is 6. The van der Waals surface area contributed by atoms with Gasteiger partial charge in [-0.2, -0.15) is 0 Å². The zero-order valence-electron chi connectivity index (χ0n) is 8.91. The molecule has 0 saturated carbocycles. The number of nitrogens with zero attached hydrogens (tertiary/aromatic N) is 1. The van der Waals surface area contributed by atoms with E-state index in [0.717, 1.165) is 6.26 Å². The quantitative estimate of drug-likeness (QED) is 0.829. The minimum absolute atomic E-state index is 0.141. The molecule has 0 aliphatic heterocycles. The Bertz CT molecular complexity index is 661. The van der Waals surface area contributed by atoms with E-state index in [1.165, 1.54) is 24.3 Å². The fourth-order valence-corrected chi connectivity index (χ4v) is 2.54. The number of aromatic hydroxyl groups is 1. The number of sulfone groups is 1. The molecule has 0 aliphatic carbocycles. The normalized spacial score (nSPS) is 11.6. The summed E-state index contributed by atoms with van der Waals surface area (Å²) in [4.78, 5) is -0.198. The maximum atomic E-state index is 11.6. The fraction of sp³-hybridized carbons (Fsp3) is 0.100. The van der Waals surface area contributed by atoms with Crippen LogP contribution >= 0.6 is 0 Å². The van der Waals surface area contributed by atoms with Crippen LogP contribution in [0, 0.1) is 0 Å². The van der Waals surface area contributed by atoms with Gasteiger partial charge < -0.3 is 15.4 Å². The summed E-state index contributed by atoms with van der Waals surface area (Å²) in [6.45, 7) is 0. The summed E-state index contributed by atoms with van der Waals surface area (Å²) >= 11 is 0. The smallest absolute Gasteiger partial charge is 0.179 e. The Labute approximate surface area is 97.6 Å². The van der Waals surface area contributed by atoms with Crippen molar-refractivity contribution in [1.29, 1.82) is 0 Å². The first-order chi connectivity index (χ1) is 7.89. The van der Waals surface area contributed by atoms with Gasteiger partial charge in [-0.05, 0) is 12.1 Å². The third-order valence-corrected chi connectivity index (χ3v) is 3.33. The predicted molar refractivity (Wildman–Crippen MR) is 61.1 cm³/mol. The largest absolute Gasteiger partial charge is 0.507 e. The van der Waals surface area contributed by atoms with E-state index in [1.807, 2.05) is 0 Å². The van der Waals surface area contributed by atoms with Crippen molar-refractivity contribution in [3.8, 4) is 17.1 Å². The molecule has 1 aromatic carbocycles. The van der Waals surface area contributed by atoms with Crippen molar-refractivity contribution in [2.24, 2.45) is 0 Å². The van der Waals surface area contributed by atoms with Gasteiger partial charge in [-0.1, -0.05) is 11.2 Å². The summed E-state index contributed by atoms with van der Waals surface area (Å²) in [7, 11) is -3.58. The first-order valence-corrected chi connectivity index (χ1v) is 6.53. The van der Waals surface area contributed by atoms with Crippen molar-refractivity contribution in [3.05, 3.63) is 24.3 Å². The lowest BCUT2D eigenvalue weighted by molar-refractivity contribution is 0.431. The third kappa shape index (κ3) is 2.09. The van der Waals surface area contributed by atoms with Crippen molar-refractivity contribution < 1.29 is 18.0 Å². The van der Waals surface area contributed by atoms with Crippen LogP contribution in [0.3, 0.4) is 0 Å². The number of nitrogens with two attached hydrogens (primary N) is 1. The van der Waals surface area contributed by atoms with Gasteiger partial charge in [-0.3, -0.25) is 0 Å². The van der Waals surface area contributed by atoms with Crippen molar-refractivity contribution >= 4 is 15.7 Å². The molecule has 0 amide bonds. The summed E-state index contributed by atoms with van der Waals surface area (Å²) in [5, 5.41) is 13.1. The fourth-order valence-electron chi connectivity index (χ4n) is 1.52. The van der Waals surface area contributed by atoms with E-state index in [2.05, 4.69) is 5.16 Å². The van der Waals surface area contributed by atoms with Crippen LogP contribution in [0.1, 0.15) is 0 Å². The van der Waals surface area contributed by atoms with Crippen LogP contribution in [0.2, 0.25) is 0 Å². The SMILES string of the molecule is CS(=O)(=O)c1c(O)cccc1-c1cc(N)no1. The highest BCUT2D eigenvalue weighted by molar-refractivity contribution is 7.91. The molecule has 6 nitrogen and oxygen atoms in total. The van der Waals surface area contributed by atoms with Crippen LogP contribution in [0.4, 0.5) is 5.82 Å². The lowest BCUT2D eigenvalue weighted by Gasteiger charge is -2.06. The van der Waals surface area contributed by atoms with Crippen LogP contribution < -0.4 is 5.73 Å². The van der Waals surface area contributed by atoms with Crippen molar-refractivity contribution in [2.75, 3.05) is 12.0 Å². The van der Waals surface area contributed by atoms with Crippen molar-refractivity contribution in [3.63, 3.8) is 0 Å². The molecule has 3 N–H and O–H groups in total. The number of hydrogen-bond donors (Lipinski definition) is 2. The van der Waals surface area contributed by atoms with E-state index >= 15 is 0 Å². The average molecular weight is 254 g/mol. The highest BCUT2D eigenvalue weighted by Crippen LogP contribution is 2.34. The van der Waals surface area contributed by atoms with Gasteiger partial charge >= 0.3 is 0 Å². The van der Waals surface area contributed by atoms with Gasteiger partial charge in [0.15, 0.2) is 21.4 Å². The highest BCUT2D eigenvalue weighted by Gasteiger charge is 2.21. The van der Waals surface area contributed by atoms with E-state index in [1.54, 1.807) is 0 Å². The molecule has 90 valence electrons. The van der Waals surface area contributed by atoms with Crippen molar-refractivity contribution in [2.45, 2.75) is 4.90 Å². The Morgan fingerprint density at radius 3 is 2.65 bits per heavy atom. The summed E-state index contributed by atoms with van der Waals surface area (Å²) in [6, 6.07) is 5.71. The molecule has 1 aromatic heterocycles. The minimum Gasteiger partial charge on any atom is -0.507 e. The van der Waals surface area contributed by atoms with Gasteiger partial charge in [-0.15, -0.1) is 0 Å². The molecule has 2 rings (SSSR count). The first-order valence-electron chi connectivity index (χ1n) is 4.64. The molecule has 1 heterocycles. The van der Waals surface area contributed by atoms with E-state index in [-0.39, 0.29) is 27.8 Å². The Morgan fingerprint density at radius 2 is 2.12 bits per heavy atom. The number of anilines is 1. The van der Waals surface area contributed by atoms with E-state index < -0.39 is 9.84 Å². The monoisotopic (exact) mass is 254 g/mol. The summed E-state index contributed by atoms with van der Waals surface area (Å²) in [5.41, 5.74) is 5.63. The second kappa shape index (κ2) is 3.77. The van der Waals surface area contributed by atoms with Gasteiger partial charge in [0, 0.05) is 17.9 Å². The second-order valence-electron chi connectivity index (χ2n) is 3.54. The van der Waals surface area contributed by atoms with Crippen molar-refractivity contribution in [1.82, 2.24) is 5.16 Å². The number of nitrogen functional groups attached to an aromatic ring is 1. The maximum absolute atomic E-state index is 11.6. The number of aromatic nitrogens is 1. The Balaban J connectivity index is 2.75. The topological polar surface area (TPSA) is 106 Å². The number of rotatable bonds is 2. The zero-order chi connectivity index (χ0) is 12.6. The maximum Gasteiger partial charge on any atom is 0.179 e. The van der Waals surface area contributed by atoms with Crippen LogP contribution in [0.5, 0.6) is 5.75 Å². The molecule has 7 heteroatoms. The molecule has 0 atom stereocenters. The highest BCUT2D eigenvalue weighted by atomic mass is 32.2. The second-order valence-corrected chi connectivity index (χ2v) is 5.49. The minimum atomic E-state index is -3.58. The number of phenolic OH excluding ortho intramolecular Hbond substituents is 1. The summed E-state index contributed by atoms with van der Waals surface area (Å²) < 4.78 is 28.1. The van der Waals surface area contributed by atoms with E-state index in [0.29, 0.717) is 0 Å². The molecule has 0 bridgehead atoms. The summed E-state index contributed by atoms with van der Waals surface area (Å²) in [6.07, 6.45) is 1.01. The molecular formula is C10H10N2O4S. The van der Waals surface area contributed by atoms with Gasteiger partial charge in [0.2, 0.25) is 0 Å². The van der Waals surface area contributed by atoms with Gasteiger partial charge in [0.25, 0.3) is 0 Å². The van der Waals surface area contributed by atoms with Crippen LogP contribution in [-0.2, 0) is 9.84 Å². The molecule has 0 spiro atoms. The predicted octanol–water partition coefficient (Wildman–Crippen LogP) is 1.03. The van der Waals surface area contributed by atoms with Gasteiger partial charge in [0.1, 0.15) is 10.6 Å². The molecule has 0 unspecified atom stereocenters. The Kier molecular flexibility index (Phi) is 2.55. The molecule has 0 aliphatic rings.